The molecule has 0 unspecified atom stereocenters. The smallest absolute Gasteiger partial charge is 0.322 e. The van der Waals surface area contributed by atoms with E-state index in [-0.39, 0.29) is 24.3 Å². The van der Waals surface area contributed by atoms with Gasteiger partial charge in [-0.25, -0.2) is 8.78 Å². The zero-order chi connectivity index (χ0) is 18.8. The number of anilines is 1. The number of hydrogen-bond donors (Lipinski definition) is 1. The lowest BCUT2D eigenvalue weighted by Crippen LogP contribution is -2.07. The number of ether oxygens (including phenoxy) is 2. The van der Waals surface area contributed by atoms with Crippen LogP contribution in [0.15, 0.2) is 46.9 Å². The lowest BCUT2D eigenvalue weighted by atomic mass is 10.2. The number of benzene rings is 2. The number of rotatable bonds is 4. The first-order valence-corrected chi connectivity index (χ1v) is 7.76. The first kappa shape index (κ1) is 16.7. The van der Waals surface area contributed by atoms with Gasteiger partial charge in [-0.1, -0.05) is 11.2 Å². The maximum absolute atomic E-state index is 13.7. The molecule has 2 heterocycles. The largest absolute Gasteiger partial charge is 0.454 e. The topological polar surface area (TPSA) is 86.5 Å². The second-order valence-corrected chi connectivity index (χ2v) is 5.47. The minimum atomic E-state index is -0.848. The van der Waals surface area contributed by atoms with Crippen LogP contribution in [0.4, 0.5) is 14.8 Å². The third kappa shape index (κ3) is 3.61. The number of hydrogen-bond acceptors (Lipinski definition) is 6. The molecule has 4 rings (SSSR count). The van der Waals surface area contributed by atoms with Gasteiger partial charge in [-0.15, -0.1) is 5.10 Å². The summed E-state index contributed by atoms with van der Waals surface area (Å²) >= 11 is 0. The van der Waals surface area contributed by atoms with E-state index < -0.39 is 17.5 Å². The van der Waals surface area contributed by atoms with E-state index in [1.54, 1.807) is 24.3 Å². The Morgan fingerprint density at radius 2 is 1.93 bits per heavy atom. The van der Waals surface area contributed by atoms with Gasteiger partial charge in [0.15, 0.2) is 11.5 Å². The van der Waals surface area contributed by atoms with Crippen molar-refractivity contribution >= 4 is 18.0 Å². The Hall–Kier alpha value is -3.75. The maximum Gasteiger partial charge on any atom is 0.322 e. The number of fused-ring (bicyclic) bond motifs is 1. The van der Waals surface area contributed by atoms with E-state index in [4.69, 9.17) is 13.9 Å². The molecular weight excluding hydrogens is 360 g/mol. The number of amides is 1. The van der Waals surface area contributed by atoms with E-state index in [2.05, 4.69) is 15.5 Å². The predicted octanol–water partition coefficient (Wildman–Crippen LogP) is 3.40. The van der Waals surface area contributed by atoms with Gasteiger partial charge in [-0.05, 0) is 35.9 Å². The van der Waals surface area contributed by atoms with Crippen LogP contribution in [-0.4, -0.2) is 22.9 Å². The van der Waals surface area contributed by atoms with Gasteiger partial charge in [-0.3, -0.25) is 10.1 Å². The maximum atomic E-state index is 13.7. The summed E-state index contributed by atoms with van der Waals surface area (Å²) in [5, 5.41) is 9.63. The van der Waals surface area contributed by atoms with Crippen LogP contribution in [0, 0.1) is 11.6 Å². The lowest BCUT2D eigenvalue weighted by Gasteiger charge is -1.98. The van der Waals surface area contributed by atoms with Crippen LogP contribution >= 0.6 is 0 Å². The summed E-state index contributed by atoms with van der Waals surface area (Å²) in [6.07, 6.45) is 2.83. The standard InChI is InChI=1S/C18H11F2N3O4/c19-11-3-4-12(13(20)8-11)17-22-23-18(27-17)21-16(24)6-2-10-1-5-14-15(7-10)26-9-25-14/h1-8H,9H2,(H,21,23,24). The van der Waals surface area contributed by atoms with Gasteiger partial charge >= 0.3 is 6.01 Å². The van der Waals surface area contributed by atoms with Crippen LogP contribution in [0.25, 0.3) is 17.5 Å². The zero-order valence-corrected chi connectivity index (χ0v) is 13.6. The van der Waals surface area contributed by atoms with Crippen molar-refractivity contribution in [3.05, 3.63) is 59.7 Å². The molecular formula is C18H11F2N3O4. The Balaban J connectivity index is 1.43. The van der Waals surface area contributed by atoms with Gasteiger partial charge in [0.1, 0.15) is 11.6 Å². The van der Waals surface area contributed by atoms with Crippen LogP contribution in [0.3, 0.4) is 0 Å². The number of nitrogens with zero attached hydrogens (tertiary/aromatic N) is 2. The van der Waals surface area contributed by atoms with Gasteiger partial charge in [-0.2, -0.15) is 0 Å². The Bertz CT molecular complexity index is 1050. The van der Waals surface area contributed by atoms with Crippen molar-refractivity contribution in [3.8, 4) is 23.0 Å². The van der Waals surface area contributed by atoms with E-state index in [1.807, 2.05) is 0 Å². The van der Waals surface area contributed by atoms with E-state index in [1.165, 1.54) is 12.1 Å². The molecule has 7 nitrogen and oxygen atoms in total. The fraction of sp³-hybridized carbons (Fsp3) is 0.0556. The molecule has 0 fully saturated rings. The van der Waals surface area contributed by atoms with Gasteiger partial charge < -0.3 is 13.9 Å². The number of nitrogens with one attached hydrogen (secondary N) is 1. The molecule has 136 valence electrons. The number of halogens is 2. The predicted molar refractivity (Wildman–Crippen MR) is 89.9 cm³/mol. The fourth-order valence-corrected chi connectivity index (χ4v) is 2.38. The molecule has 0 saturated heterocycles. The molecule has 1 amide bonds. The molecule has 2 aromatic carbocycles. The van der Waals surface area contributed by atoms with Crippen LogP contribution in [0.1, 0.15) is 5.56 Å². The highest BCUT2D eigenvalue weighted by atomic mass is 19.1. The van der Waals surface area contributed by atoms with Gasteiger partial charge in [0.25, 0.3) is 11.8 Å². The summed E-state index contributed by atoms with van der Waals surface area (Å²) in [6.45, 7) is 0.164. The summed E-state index contributed by atoms with van der Waals surface area (Å²) < 4.78 is 42.3. The molecule has 0 saturated carbocycles. The van der Waals surface area contributed by atoms with Crippen LogP contribution in [-0.2, 0) is 4.79 Å². The highest BCUT2D eigenvalue weighted by molar-refractivity contribution is 6.00. The summed E-state index contributed by atoms with van der Waals surface area (Å²) in [4.78, 5) is 12.0. The molecule has 9 heteroatoms. The van der Waals surface area contributed by atoms with Crippen molar-refractivity contribution in [3.63, 3.8) is 0 Å². The highest BCUT2D eigenvalue weighted by Gasteiger charge is 2.15. The van der Waals surface area contributed by atoms with Crippen molar-refractivity contribution in [2.45, 2.75) is 0 Å². The summed E-state index contributed by atoms with van der Waals surface area (Å²) in [5.74, 6) is -1.04. The monoisotopic (exact) mass is 371 g/mol. The van der Waals surface area contributed by atoms with Crippen LogP contribution < -0.4 is 14.8 Å². The van der Waals surface area contributed by atoms with Crippen molar-refractivity contribution < 1.29 is 27.5 Å². The van der Waals surface area contributed by atoms with Crippen molar-refractivity contribution in [1.29, 1.82) is 0 Å². The number of carbonyl (C=O) groups is 1. The first-order valence-electron chi connectivity index (χ1n) is 7.76. The van der Waals surface area contributed by atoms with Gasteiger partial charge in [0, 0.05) is 12.1 Å². The summed E-state index contributed by atoms with van der Waals surface area (Å²) in [5.41, 5.74) is 0.661. The molecule has 3 aromatic rings. The van der Waals surface area contributed by atoms with Crippen LogP contribution in [0.2, 0.25) is 0 Å². The lowest BCUT2D eigenvalue weighted by molar-refractivity contribution is -0.112. The molecule has 0 radical (unpaired) electrons. The normalized spacial score (nSPS) is 12.5. The van der Waals surface area contributed by atoms with Crippen molar-refractivity contribution in [1.82, 2.24) is 10.2 Å². The molecule has 0 aliphatic carbocycles. The third-order valence-electron chi connectivity index (χ3n) is 3.64. The third-order valence-corrected chi connectivity index (χ3v) is 3.64. The first-order chi connectivity index (χ1) is 13.1. The fourth-order valence-electron chi connectivity index (χ4n) is 2.38. The number of carbonyl (C=O) groups excluding carboxylic acids is 1. The van der Waals surface area contributed by atoms with Gasteiger partial charge in [0.2, 0.25) is 6.79 Å². The minimum Gasteiger partial charge on any atom is -0.454 e. The van der Waals surface area contributed by atoms with E-state index >= 15 is 0 Å². The Labute approximate surface area is 151 Å². The van der Waals surface area contributed by atoms with Crippen molar-refractivity contribution in [2.75, 3.05) is 12.1 Å². The molecule has 1 aliphatic rings. The van der Waals surface area contributed by atoms with Crippen molar-refractivity contribution in [2.24, 2.45) is 0 Å². The molecule has 1 aliphatic heterocycles. The van der Waals surface area contributed by atoms with Crippen LogP contribution in [0.5, 0.6) is 11.5 Å². The SMILES string of the molecule is O=C(C=Cc1ccc2c(c1)OCO2)Nc1nnc(-c2ccc(F)cc2F)o1. The molecule has 0 spiro atoms. The average Bonchev–Trinajstić information content (AvgIpc) is 3.29. The number of aromatic nitrogens is 2. The molecule has 1 N–H and O–H groups in total. The summed E-state index contributed by atoms with van der Waals surface area (Å²) in [6, 6.07) is 7.95. The molecule has 0 bridgehead atoms. The van der Waals surface area contributed by atoms with E-state index in [0.717, 1.165) is 11.6 Å². The average molecular weight is 371 g/mol. The van der Waals surface area contributed by atoms with E-state index in [9.17, 15) is 13.6 Å². The molecule has 1 aromatic heterocycles. The summed E-state index contributed by atoms with van der Waals surface area (Å²) in [7, 11) is 0. The minimum absolute atomic E-state index is 0.0692. The Morgan fingerprint density at radius 1 is 1.07 bits per heavy atom. The van der Waals surface area contributed by atoms with Gasteiger partial charge in [0.05, 0.1) is 5.56 Å². The molecule has 0 atom stereocenters. The highest BCUT2D eigenvalue weighted by Crippen LogP contribution is 2.32. The Kier molecular flexibility index (Phi) is 4.25. The molecule has 27 heavy (non-hydrogen) atoms. The Morgan fingerprint density at radius 3 is 2.78 bits per heavy atom. The quantitative estimate of drug-likeness (QED) is 0.708. The van der Waals surface area contributed by atoms with E-state index in [0.29, 0.717) is 17.6 Å². The second-order valence-electron chi connectivity index (χ2n) is 5.47. The second kappa shape index (κ2) is 6.87. The zero-order valence-electron chi connectivity index (χ0n) is 13.6.